The molecular weight excluding hydrogens is 271 g/mol. The van der Waals surface area contributed by atoms with E-state index in [0.717, 1.165) is 0 Å². The van der Waals surface area contributed by atoms with Gasteiger partial charge in [0.2, 0.25) is 0 Å². The van der Waals surface area contributed by atoms with Crippen LogP contribution in [0.2, 0.25) is 10.0 Å². The van der Waals surface area contributed by atoms with Crippen molar-refractivity contribution in [2.75, 3.05) is 12.4 Å². The summed E-state index contributed by atoms with van der Waals surface area (Å²) in [4.78, 5) is 11.5. The average Bonchev–Trinajstić information content (AvgIpc) is 2.21. The Labute approximate surface area is 106 Å². The molecule has 0 spiro atoms. The third-order valence-electron chi connectivity index (χ3n) is 1.69. The Kier molecular flexibility index (Phi) is 5.25. The normalized spacial score (nSPS) is 12.2. The van der Waals surface area contributed by atoms with Gasteiger partial charge >= 0.3 is 5.97 Å². The minimum atomic E-state index is -1.53. The molecule has 6 heteroatoms. The molecule has 0 fully saturated rings. The number of rotatable bonds is 4. The first kappa shape index (κ1) is 13.5. The summed E-state index contributed by atoms with van der Waals surface area (Å²) in [5.41, 5.74) is 0. The molecule has 0 saturated carbocycles. The van der Waals surface area contributed by atoms with Crippen LogP contribution in [0, 0.1) is 0 Å². The van der Waals surface area contributed by atoms with Crippen LogP contribution in [-0.2, 0) is 20.3 Å². The number of carbonyl (C=O) groups excluding carboxylic acids is 1. The van der Waals surface area contributed by atoms with Gasteiger partial charge in [-0.05, 0) is 25.1 Å². The van der Waals surface area contributed by atoms with Crippen molar-refractivity contribution in [2.24, 2.45) is 0 Å². The molecule has 0 aromatic heterocycles. The fourth-order valence-corrected chi connectivity index (χ4v) is 2.65. The van der Waals surface area contributed by atoms with Crippen molar-refractivity contribution in [2.45, 2.75) is 11.8 Å². The molecule has 0 aliphatic heterocycles. The Bertz CT molecular complexity index is 421. The molecule has 0 aliphatic carbocycles. The monoisotopic (exact) mass is 280 g/mol. The van der Waals surface area contributed by atoms with Crippen molar-refractivity contribution in [3.05, 3.63) is 28.2 Å². The minimum Gasteiger partial charge on any atom is -0.465 e. The lowest BCUT2D eigenvalue weighted by atomic mass is 10.4. The summed E-state index contributed by atoms with van der Waals surface area (Å²) in [5, 5.41) is 0.753. The van der Waals surface area contributed by atoms with Crippen LogP contribution in [0.3, 0.4) is 0 Å². The van der Waals surface area contributed by atoms with E-state index >= 15 is 0 Å². The number of ether oxygens (including phenoxy) is 1. The lowest BCUT2D eigenvalue weighted by Gasteiger charge is -2.04. The number of carbonyl (C=O) groups is 1. The standard InChI is InChI=1S/C10H10Cl2O3S/c1-2-15-10(13)6-16(14)9-5-7(11)3-4-8(9)12/h3-5H,2,6H2,1H3. The van der Waals surface area contributed by atoms with E-state index in [1.165, 1.54) is 6.07 Å². The molecule has 0 bridgehead atoms. The highest BCUT2D eigenvalue weighted by molar-refractivity contribution is 7.85. The van der Waals surface area contributed by atoms with Gasteiger partial charge < -0.3 is 4.74 Å². The molecule has 3 nitrogen and oxygen atoms in total. The van der Waals surface area contributed by atoms with Crippen molar-refractivity contribution in [1.29, 1.82) is 0 Å². The second-order valence-corrected chi connectivity index (χ2v) is 5.13. The van der Waals surface area contributed by atoms with E-state index in [9.17, 15) is 9.00 Å². The molecule has 1 rings (SSSR count). The van der Waals surface area contributed by atoms with Crippen LogP contribution in [0.25, 0.3) is 0 Å². The molecule has 88 valence electrons. The predicted octanol–water partition coefficient (Wildman–Crippen LogP) is 2.66. The van der Waals surface area contributed by atoms with E-state index < -0.39 is 16.8 Å². The van der Waals surface area contributed by atoms with Crippen molar-refractivity contribution < 1.29 is 13.7 Å². The molecule has 1 unspecified atom stereocenters. The van der Waals surface area contributed by atoms with Crippen LogP contribution in [0.15, 0.2) is 23.1 Å². The van der Waals surface area contributed by atoms with E-state index in [1.54, 1.807) is 19.1 Å². The zero-order chi connectivity index (χ0) is 12.1. The molecule has 0 saturated heterocycles. The average molecular weight is 281 g/mol. The minimum absolute atomic E-state index is 0.214. The van der Waals surface area contributed by atoms with Gasteiger partial charge in [-0.2, -0.15) is 0 Å². The largest absolute Gasteiger partial charge is 0.465 e. The Morgan fingerprint density at radius 3 is 2.75 bits per heavy atom. The first-order valence-electron chi connectivity index (χ1n) is 4.53. The zero-order valence-corrected chi connectivity index (χ0v) is 10.9. The fourth-order valence-electron chi connectivity index (χ4n) is 1.04. The first-order valence-corrected chi connectivity index (χ1v) is 6.61. The summed E-state index contributed by atoms with van der Waals surface area (Å²) >= 11 is 11.6. The summed E-state index contributed by atoms with van der Waals surface area (Å²) in [5.74, 6) is -0.731. The van der Waals surface area contributed by atoms with Crippen molar-refractivity contribution in [3.63, 3.8) is 0 Å². The highest BCUT2D eigenvalue weighted by Gasteiger charge is 2.14. The zero-order valence-electron chi connectivity index (χ0n) is 8.54. The first-order chi connectivity index (χ1) is 7.54. The van der Waals surface area contributed by atoms with Gasteiger partial charge in [0.25, 0.3) is 0 Å². The molecule has 0 amide bonds. The smallest absolute Gasteiger partial charge is 0.318 e. The maximum Gasteiger partial charge on any atom is 0.318 e. The van der Waals surface area contributed by atoms with Crippen LogP contribution in [0.5, 0.6) is 0 Å². The molecular formula is C10H10Cl2O3S. The third kappa shape index (κ3) is 3.77. The van der Waals surface area contributed by atoms with Gasteiger partial charge in [0.15, 0.2) is 0 Å². The summed E-state index contributed by atoms with van der Waals surface area (Å²) < 4.78 is 16.5. The highest BCUT2D eigenvalue weighted by atomic mass is 35.5. The van der Waals surface area contributed by atoms with Gasteiger partial charge in [0.1, 0.15) is 5.75 Å². The summed E-state index contributed by atoms with van der Waals surface area (Å²) in [6.07, 6.45) is 0. The summed E-state index contributed by atoms with van der Waals surface area (Å²) in [6, 6.07) is 4.62. The maximum absolute atomic E-state index is 11.8. The van der Waals surface area contributed by atoms with Gasteiger partial charge in [-0.25, -0.2) is 0 Å². The van der Waals surface area contributed by atoms with Crippen LogP contribution in [0.1, 0.15) is 6.92 Å². The van der Waals surface area contributed by atoms with E-state index in [0.29, 0.717) is 14.9 Å². The molecule has 1 aromatic carbocycles. The predicted molar refractivity (Wildman–Crippen MR) is 64.4 cm³/mol. The topological polar surface area (TPSA) is 43.4 Å². The quantitative estimate of drug-likeness (QED) is 0.797. The molecule has 0 aliphatic rings. The van der Waals surface area contributed by atoms with E-state index in [1.807, 2.05) is 0 Å². The molecule has 16 heavy (non-hydrogen) atoms. The molecule has 0 heterocycles. The van der Waals surface area contributed by atoms with Crippen molar-refractivity contribution >= 4 is 40.0 Å². The summed E-state index contributed by atoms with van der Waals surface area (Å²) in [6.45, 7) is 1.95. The SMILES string of the molecule is CCOC(=O)CS(=O)c1cc(Cl)ccc1Cl. The Hall–Kier alpha value is -0.580. The number of esters is 1. The van der Waals surface area contributed by atoms with Crippen molar-refractivity contribution in [1.82, 2.24) is 0 Å². The summed E-state index contributed by atoms with van der Waals surface area (Å²) in [7, 11) is -1.53. The van der Waals surface area contributed by atoms with Gasteiger partial charge in [0, 0.05) is 5.02 Å². The lowest BCUT2D eigenvalue weighted by molar-refractivity contribution is -0.139. The number of hydrogen-bond acceptors (Lipinski definition) is 3. The van der Waals surface area contributed by atoms with Crippen LogP contribution in [-0.4, -0.2) is 22.5 Å². The molecule has 1 aromatic rings. The van der Waals surface area contributed by atoms with Crippen LogP contribution in [0.4, 0.5) is 0 Å². The van der Waals surface area contributed by atoms with E-state index in [-0.39, 0.29) is 12.4 Å². The van der Waals surface area contributed by atoms with Gasteiger partial charge in [-0.1, -0.05) is 23.2 Å². The van der Waals surface area contributed by atoms with Crippen LogP contribution >= 0.6 is 23.2 Å². The Morgan fingerprint density at radius 1 is 1.44 bits per heavy atom. The molecule has 0 N–H and O–H groups in total. The van der Waals surface area contributed by atoms with Gasteiger partial charge in [-0.3, -0.25) is 9.00 Å². The number of hydrogen-bond donors (Lipinski definition) is 0. The van der Waals surface area contributed by atoms with Crippen molar-refractivity contribution in [3.8, 4) is 0 Å². The van der Waals surface area contributed by atoms with Crippen LogP contribution < -0.4 is 0 Å². The fraction of sp³-hybridized carbons (Fsp3) is 0.300. The maximum atomic E-state index is 11.8. The molecule has 1 atom stereocenters. The lowest BCUT2D eigenvalue weighted by Crippen LogP contribution is -2.14. The third-order valence-corrected chi connectivity index (χ3v) is 3.70. The molecule has 0 radical (unpaired) electrons. The van der Waals surface area contributed by atoms with Gasteiger partial charge in [-0.15, -0.1) is 0 Å². The highest BCUT2D eigenvalue weighted by Crippen LogP contribution is 2.23. The Balaban J connectivity index is 2.80. The number of halogens is 2. The van der Waals surface area contributed by atoms with E-state index in [2.05, 4.69) is 0 Å². The number of benzene rings is 1. The second-order valence-electron chi connectivity index (χ2n) is 2.87. The van der Waals surface area contributed by atoms with E-state index in [4.69, 9.17) is 27.9 Å². The van der Waals surface area contributed by atoms with Gasteiger partial charge in [0.05, 0.1) is 27.3 Å². The second kappa shape index (κ2) is 6.23. The Morgan fingerprint density at radius 2 is 2.12 bits per heavy atom.